The van der Waals surface area contributed by atoms with Crippen LogP contribution in [-0.2, 0) is 7.05 Å². The molecule has 0 fully saturated rings. The summed E-state index contributed by atoms with van der Waals surface area (Å²) < 4.78 is 1.62. The minimum atomic E-state index is 0.300. The van der Waals surface area contributed by atoms with Gasteiger partial charge in [-0.25, -0.2) is 25.5 Å². The Labute approximate surface area is 100 Å². The van der Waals surface area contributed by atoms with Crippen LogP contribution in [0.2, 0.25) is 5.02 Å². The molecule has 2 heterocycles. The molecule has 84 valence electrons. The van der Waals surface area contributed by atoms with Gasteiger partial charge in [-0.1, -0.05) is 11.6 Å². The van der Waals surface area contributed by atoms with Crippen LogP contribution in [0.25, 0.3) is 0 Å². The molecule has 0 saturated heterocycles. The number of nitrogens with one attached hydrogen (secondary N) is 1. The van der Waals surface area contributed by atoms with Crippen molar-refractivity contribution >= 4 is 29.3 Å². The van der Waals surface area contributed by atoms with Crippen molar-refractivity contribution < 1.29 is 0 Å². The third-order valence-electron chi connectivity index (χ3n) is 1.70. The van der Waals surface area contributed by atoms with Crippen molar-refractivity contribution in [3.8, 4) is 0 Å². The van der Waals surface area contributed by atoms with E-state index in [2.05, 4.69) is 25.5 Å². The fourth-order valence-corrected chi connectivity index (χ4v) is 1.90. The minimum Gasteiger partial charge on any atom is -0.292 e. The van der Waals surface area contributed by atoms with E-state index in [-0.39, 0.29) is 0 Å². The van der Waals surface area contributed by atoms with Crippen molar-refractivity contribution in [3.63, 3.8) is 0 Å². The van der Waals surface area contributed by atoms with Gasteiger partial charge in [0.05, 0.1) is 11.2 Å². The summed E-state index contributed by atoms with van der Waals surface area (Å²) in [5.41, 5.74) is 2.35. The summed E-state index contributed by atoms with van der Waals surface area (Å²) in [6, 6.07) is 0. The largest absolute Gasteiger partial charge is 0.292 e. The van der Waals surface area contributed by atoms with Crippen LogP contribution < -0.4 is 11.3 Å². The highest BCUT2D eigenvalue weighted by Gasteiger charge is 2.10. The van der Waals surface area contributed by atoms with E-state index < -0.39 is 0 Å². The monoisotopic (exact) mass is 257 g/mol. The molecule has 0 unspecified atom stereocenters. The molecule has 0 amide bonds. The lowest BCUT2D eigenvalue weighted by atomic mass is 10.7. The quantitative estimate of drug-likeness (QED) is 0.475. The number of aryl methyl sites for hydroxylation is 1. The number of nitrogen functional groups attached to an aromatic ring is 1. The first-order valence-corrected chi connectivity index (χ1v) is 5.41. The molecule has 2 aromatic heterocycles. The molecule has 2 rings (SSSR count). The number of nitrogens with zero attached hydrogens (tertiary/aromatic N) is 5. The predicted molar refractivity (Wildman–Crippen MR) is 60.0 cm³/mol. The Balaban J connectivity index is 2.30. The molecule has 7 nitrogen and oxygen atoms in total. The zero-order valence-corrected chi connectivity index (χ0v) is 9.83. The SMILES string of the molecule is Cn1ncnc1Sc1nc(NN)ncc1Cl. The molecule has 0 saturated carbocycles. The van der Waals surface area contributed by atoms with Crippen LogP contribution in [0.5, 0.6) is 0 Å². The molecule has 0 radical (unpaired) electrons. The zero-order valence-electron chi connectivity index (χ0n) is 8.25. The summed E-state index contributed by atoms with van der Waals surface area (Å²) in [6.45, 7) is 0. The van der Waals surface area contributed by atoms with E-state index in [0.717, 1.165) is 0 Å². The predicted octanol–water partition coefficient (Wildman–Crippen LogP) is 0.695. The normalized spacial score (nSPS) is 10.4. The third kappa shape index (κ3) is 2.23. The van der Waals surface area contributed by atoms with Crippen molar-refractivity contribution in [2.75, 3.05) is 5.43 Å². The smallest absolute Gasteiger partial charge is 0.238 e. The Bertz CT molecular complexity index is 499. The maximum absolute atomic E-state index is 5.95. The number of nitrogens with two attached hydrogens (primary N) is 1. The molecule has 2 aromatic rings. The molecule has 9 heteroatoms. The van der Waals surface area contributed by atoms with E-state index in [1.165, 1.54) is 24.3 Å². The van der Waals surface area contributed by atoms with Crippen LogP contribution in [0.1, 0.15) is 0 Å². The van der Waals surface area contributed by atoms with Gasteiger partial charge in [0.1, 0.15) is 11.4 Å². The zero-order chi connectivity index (χ0) is 11.5. The second kappa shape index (κ2) is 4.64. The van der Waals surface area contributed by atoms with Gasteiger partial charge >= 0.3 is 0 Å². The fraction of sp³-hybridized carbons (Fsp3) is 0.143. The highest BCUT2D eigenvalue weighted by atomic mass is 35.5. The van der Waals surface area contributed by atoms with Crippen molar-refractivity contribution in [2.45, 2.75) is 10.2 Å². The maximum Gasteiger partial charge on any atom is 0.238 e. The number of rotatable bonds is 3. The van der Waals surface area contributed by atoms with Crippen LogP contribution in [0.3, 0.4) is 0 Å². The fourth-order valence-electron chi connectivity index (χ4n) is 0.957. The molecule has 0 aliphatic carbocycles. The second-order valence-corrected chi connectivity index (χ2v) is 4.12. The van der Waals surface area contributed by atoms with Crippen LogP contribution in [0.15, 0.2) is 22.7 Å². The summed E-state index contributed by atoms with van der Waals surface area (Å²) in [7, 11) is 1.78. The number of hydrogen-bond acceptors (Lipinski definition) is 7. The van der Waals surface area contributed by atoms with Crippen molar-refractivity contribution in [1.29, 1.82) is 0 Å². The molecule has 0 atom stereocenters. The average molecular weight is 258 g/mol. The number of hydrogen-bond donors (Lipinski definition) is 2. The first-order chi connectivity index (χ1) is 7.70. The van der Waals surface area contributed by atoms with Crippen LogP contribution in [0, 0.1) is 0 Å². The molecule has 3 N–H and O–H groups in total. The van der Waals surface area contributed by atoms with Gasteiger partial charge < -0.3 is 0 Å². The summed E-state index contributed by atoms with van der Waals surface area (Å²) >= 11 is 7.24. The summed E-state index contributed by atoms with van der Waals surface area (Å²) in [6.07, 6.45) is 2.93. The van der Waals surface area contributed by atoms with Gasteiger partial charge in [-0.15, -0.1) is 0 Å². The standard InChI is InChI=1S/C7H8ClN7S/c1-15-7(11-3-12-15)16-5-4(8)2-10-6(13-5)14-9/h2-3H,9H2,1H3,(H,10,13,14). The first-order valence-electron chi connectivity index (χ1n) is 4.21. The highest BCUT2D eigenvalue weighted by molar-refractivity contribution is 7.99. The van der Waals surface area contributed by atoms with Gasteiger partial charge in [-0.2, -0.15) is 5.10 Å². The highest BCUT2D eigenvalue weighted by Crippen LogP contribution is 2.29. The van der Waals surface area contributed by atoms with Crippen LogP contribution in [0.4, 0.5) is 5.95 Å². The second-order valence-electron chi connectivity index (χ2n) is 2.76. The molecule has 0 bridgehead atoms. The lowest BCUT2D eigenvalue weighted by Crippen LogP contribution is -2.10. The lowest BCUT2D eigenvalue weighted by Gasteiger charge is -2.03. The molecule has 0 aromatic carbocycles. The van der Waals surface area contributed by atoms with Gasteiger partial charge in [0.15, 0.2) is 5.16 Å². The molecule has 16 heavy (non-hydrogen) atoms. The molecule has 0 aliphatic heterocycles. The van der Waals surface area contributed by atoms with Gasteiger partial charge in [0.2, 0.25) is 5.95 Å². The topological polar surface area (TPSA) is 94.5 Å². The Kier molecular flexibility index (Phi) is 3.22. The molecule has 0 aliphatic rings. The van der Waals surface area contributed by atoms with Crippen molar-refractivity contribution in [2.24, 2.45) is 12.9 Å². The summed E-state index contributed by atoms with van der Waals surface area (Å²) in [5, 5.41) is 5.63. The third-order valence-corrected chi connectivity index (χ3v) is 3.14. The van der Waals surface area contributed by atoms with Gasteiger partial charge in [-0.3, -0.25) is 5.43 Å². The Morgan fingerprint density at radius 2 is 2.31 bits per heavy atom. The van der Waals surface area contributed by atoms with E-state index in [1.54, 1.807) is 11.7 Å². The first kappa shape index (κ1) is 11.1. The van der Waals surface area contributed by atoms with Crippen LogP contribution in [-0.4, -0.2) is 24.7 Å². The number of halogens is 1. The minimum absolute atomic E-state index is 0.300. The molecular weight excluding hydrogens is 250 g/mol. The van der Waals surface area contributed by atoms with E-state index in [0.29, 0.717) is 21.2 Å². The van der Waals surface area contributed by atoms with Crippen molar-refractivity contribution in [1.82, 2.24) is 24.7 Å². The maximum atomic E-state index is 5.95. The number of anilines is 1. The van der Waals surface area contributed by atoms with Gasteiger partial charge in [-0.05, 0) is 11.8 Å². The number of hydrazine groups is 1. The van der Waals surface area contributed by atoms with E-state index in [4.69, 9.17) is 17.4 Å². The lowest BCUT2D eigenvalue weighted by molar-refractivity contribution is 0.684. The Morgan fingerprint density at radius 1 is 1.50 bits per heavy atom. The molecule has 0 spiro atoms. The van der Waals surface area contributed by atoms with Gasteiger partial charge in [0.25, 0.3) is 0 Å². The summed E-state index contributed by atoms with van der Waals surface area (Å²) in [4.78, 5) is 12.0. The van der Waals surface area contributed by atoms with Crippen LogP contribution >= 0.6 is 23.4 Å². The Hall–Kier alpha value is -1.38. The van der Waals surface area contributed by atoms with E-state index >= 15 is 0 Å². The molecular formula is C7H8ClN7S. The number of aromatic nitrogens is 5. The van der Waals surface area contributed by atoms with Gasteiger partial charge in [0, 0.05) is 7.05 Å². The van der Waals surface area contributed by atoms with Crippen molar-refractivity contribution in [3.05, 3.63) is 17.5 Å². The van der Waals surface area contributed by atoms with E-state index in [9.17, 15) is 0 Å². The summed E-state index contributed by atoms with van der Waals surface area (Å²) in [5.74, 6) is 5.51. The van der Waals surface area contributed by atoms with E-state index in [1.807, 2.05) is 0 Å². The average Bonchev–Trinajstić information content (AvgIpc) is 2.68. The Morgan fingerprint density at radius 3 is 2.94 bits per heavy atom.